The number of hydrogen-bond acceptors (Lipinski definition) is 3. The van der Waals surface area contributed by atoms with Crippen molar-refractivity contribution < 1.29 is 4.92 Å². The minimum atomic E-state index is -0.390. The first-order chi connectivity index (χ1) is 9.15. The molecule has 2 aromatic rings. The predicted molar refractivity (Wildman–Crippen MR) is 77.8 cm³/mol. The normalized spacial score (nSPS) is 10.4. The standard InChI is InChI=1S/C14H13BrN2O2/c15-13-3-1-2-12(8-13)10-16-9-11-4-6-14(7-5-11)17(18)19/h1-8,16H,9-10H2. The Bertz CT molecular complexity index is 570. The molecule has 4 nitrogen and oxygen atoms in total. The molecule has 0 radical (unpaired) electrons. The average Bonchev–Trinajstić information content (AvgIpc) is 2.39. The molecular weight excluding hydrogens is 308 g/mol. The first kappa shape index (κ1) is 13.7. The zero-order valence-corrected chi connectivity index (χ0v) is 11.8. The van der Waals surface area contributed by atoms with E-state index < -0.39 is 4.92 Å². The van der Waals surface area contributed by atoms with E-state index in [4.69, 9.17) is 0 Å². The van der Waals surface area contributed by atoms with Gasteiger partial charge in [-0.15, -0.1) is 0 Å². The average molecular weight is 321 g/mol. The van der Waals surface area contributed by atoms with Crippen LogP contribution in [0.4, 0.5) is 5.69 Å². The molecule has 5 heteroatoms. The summed E-state index contributed by atoms with van der Waals surface area (Å²) in [6.07, 6.45) is 0. The van der Waals surface area contributed by atoms with Crippen molar-refractivity contribution >= 4 is 21.6 Å². The summed E-state index contributed by atoms with van der Waals surface area (Å²) < 4.78 is 1.06. The van der Waals surface area contributed by atoms with Crippen molar-refractivity contribution in [1.29, 1.82) is 0 Å². The molecule has 2 aromatic carbocycles. The van der Waals surface area contributed by atoms with E-state index in [2.05, 4.69) is 27.3 Å². The largest absolute Gasteiger partial charge is 0.309 e. The number of rotatable bonds is 5. The van der Waals surface area contributed by atoms with Gasteiger partial charge in [0.25, 0.3) is 5.69 Å². The van der Waals surface area contributed by atoms with E-state index in [9.17, 15) is 10.1 Å². The summed E-state index contributed by atoms with van der Waals surface area (Å²) in [5.74, 6) is 0. The van der Waals surface area contributed by atoms with Gasteiger partial charge in [0.1, 0.15) is 0 Å². The fourth-order valence-electron chi connectivity index (χ4n) is 1.73. The number of benzene rings is 2. The van der Waals surface area contributed by atoms with Gasteiger partial charge >= 0.3 is 0 Å². The van der Waals surface area contributed by atoms with Crippen molar-refractivity contribution in [2.45, 2.75) is 13.1 Å². The van der Waals surface area contributed by atoms with Gasteiger partial charge < -0.3 is 5.32 Å². The molecule has 0 aromatic heterocycles. The van der Waals surface area contributed by atoms with Crippen LogP contribution in [0, 0.1) is 10.1 Å². The van der Waals surface area contributed by atoms with Crippen molar-refractivity contribution in [2.75, 3.05) is 0 Å². The van der Waals surface area contributed by atoms with Crippen LogP contribution >= 0.6 is 15.9 Å². The number of nitrogens with zero attached hydrogens (tertiary/aromatic N) is 1. The van der Waals surface area contributed by atoms with Crippen LogP contribution < -0.4 is 5.32 Å². The number of hydrogen-bond donors (Lipinski definition) is 1. The topological polar surface area (TPSA) is 55.2 Å². The van der Waals surface area contributed by atoms with Crippen LogP contribution in [0.15, 0.2) is 53.0 Å². The summed E-state index contributed by atoms with van der Waals surface area (Å²) in [5, 5.41) is 13.8. The van der Waals surface area contributed by atoms with E-state index >= 15 is 0 Å². The molecule has 98 valence electrons. The van der Waals surface area contributed by atoms with Crippen LogP contribution in [0.1, 0.15) is 11.1 Å². The van der Waals surface area contributed by atoms with Crippen LogP contribution in [0.5, 0.6) is 0 Å². The van der Waals surface area contributed by atoms with Gasteiger partial charge in [0.2, 0.25) is 0 Å². The molecule has 0 aliphatic heterocycles. The Morgan fingerprint density at radius 3 is 2.37 bits per heavy atom. The van der Waals surface area contributed by atoms with E-state index in [1.807, 2.05) is 18.2 Å². The lowest BCUT2D eigenvalue weighted by atomic mass is 10.2. The van der Waals surface area contributed by atoms with Gasteiger partial charge in [0.15, 0.2) is 0 Å². The fraction of sp³-hybridized carbons (Fsp3) is 0.143. The van der Waals surface area contributed by atoms with E-state index in [0.29, 0.717) is 6.54 Å². The molecule has 1 N–H and O–H groups in total. The lowest BCUT2D eigenvalue weighted by Gasteiger charge is -2.05. The van der Waals surface area contributed by atoms with Gasteiger partial charge in [-0.2, -0.15) is 0 Å². The molecule has 0 amide bonds. The molecule has 0 spiro atoms. The van der Waals surface area contributed by atoms with Gasteiger partial charge in [0, 0.05) is 29.7 Å². The van der Waals surface area contributed by atoms with Crippen molar-refractivity contribution in [1.82, 2.24) is 5.32 Å². The number of nitro groups is 1. The fourth-order valence-corrected chi connectivity index (χ4v) is 2.18. The quantitative estimate of drug-likeness (QED) is 0.675. The Morgan fingerprint density at radius 2 is 1.74 bits per heavy atom. The third-order valence-corrected chi connectivity index (χ3v) is 3.19. The second-order valence-electron chi connectivity index (χ2n) is 4.16. The molecule has 2 rings (SSSR count). The highest BCUT2D eigenvalue weighted by atomic mass is 79.9. The minimum absolute atomic E-state index is 0.121. The van der Waals surface area contributed by atoms with Crippen LogP contribution in [-0.4, -0.2) is 4.92 Å². The Kier molecular flexibility index (Phi) is 4.65. The Balaban J connectivity index is 1.87. The van der Waals surface area contributed by atoms with Crippen molar-refractivity contribution in [3.05, 3.63) is 74.2 Å². The molecule has 0 aliphatic rings. The van der Waals surface area contributed by atoms with Crippen molar-refractivity contribution in [3.8, 4) is 0 Å². The molecule has 0 bridgehead atoms. The zero-order valence-electron chi connectivity index (χ0n) is 10.2. The summed E-state index contributed by atoms with van der Waals surface area (Å²) in [6, 6.07) is 14.7. The third-order valence-electron chi connectivity index (χ3n) is 2.69. The lowest BCUT2D eigenvalue weighted by molar-refractivity contribution is -0.384. The van der Waals surface area contributed by atoms with Crippen LogP contribution in [0.3, 0.4) is 0 Å². The molecule has 0 saturated carbocycles. The number of nitro benzene ring substituents is 1. The number of non-ortho nitro benzene ring substituents is 1. The lowest BCUT2D eigenvalue weighted by Crippen LogP contribution is -2.12. The van der Waals surface area contributed by atoms with Crippen LogP contribution in [0.2, 0.25) is 0 Å². The second kappa shape index (κ2) is 6.45. The Hall–Kier alpha value is -1.72. The Labute approximate surface area is 119 Å². The summed E-state index contributed by atoms with van der Waals surface area (Å²) >= 11 is 3.43. The summed E-state index contributed by atoms with van der Waals surface area (Å²) in [6.45, 7) is 1.45. The van der Waals surface area contributed by atoms with Gasteiger partial charge in [-0.25, -0.2) is 0 Å². The molecule has 0 atom stereocenters. The van der Waals surface area contributed by atoms with Crippen LogP contribution in [-0.2, 0) is 13.1 Å². The molecule has 0 aliphatic carbocycles. The van der Waals surface area contributed by atoms with E-state index in [1.165, 1.54) is 17.7 Å². The van der Waals surface area contributed by atoms with Crippen LogP contribution in [0.25, 0.3) is 0 Å². The SMILES string of the molecule is O=[N+]([O-])c1ccc(CNCc2cccc(Br)c2)cc1. The predicted octanol–water partition coefficient (Wildman–Crippen LogP) is 3.65. The molecule has 0 unspecified atom stereocenters. The van der Waals surface area contributed by atoms with Crippen molar-refractivity contribution in [3.63, 3.8) is 0 Å². The first-order valence-electron chi connectivity index (χ1n) is 5.83. The highest BCUT2D eigenvalue weighted by molar-refractivity contribution is 9.10. The highest BCUT2D eigenvalue weighted by Crippen LogP contribution is 2.13. The van der Waals surface area contributed by atoms with Gasteiger partial charge in [-0.05, 0) is 23.3 Å². The van der Waals surface area contributed by atoms with Gasteiger partial charge in [0.05, 0.1) is 4.92 Å². The molecule has 0 heterocycles. The smallest absolute Gasteiger partial charge is 0.269 e. The Morgan fingerprint density at radius 1 is 1.05 bits per heavy atom. The molecule has 0 fully saturated rings. The van der Waals surface area contributed by atoms with Crippen molar-refractivity contribution in [2.24, 2.45) is 0 Å². The molecular formula is C14H13BrN2O2. The van der Waals surface area contributed by atoms with E-state index in [0.717, 1.165) is 16.6 Å². The highest BCUT2D eigenvalue weighted by Gasteiger charge is 2.03. The minimum Gasteiger partial charge on any atom is -0.309 e. The van der Waals surface area contributed by atoms with E-state index in [1.54, 1.807) is 12.1 Å². The van der Waals surface area contributed by atoms with E-state index in [-0.39, 0.29) is 5.69 Å². The van der Waals surface area contributed by atoms with Gasteiger partial charge in [-0.3, -0.25) is 10.1 Å². The third kappa shape index (κ3) is 4.15. The maximum absolute atomic E-state index is 10.5. The van der Waals surface area contributed by atoms with Gasteiger partial charge in [-0.1, -0.05) is 40.2 Å². The first-order valence-corrected chi connectivity index (χ1v) is 6.63. The summed E-state index contributed by atoms with van der Waals surface area (Å²) in [4.78, 5) is 10.1. The number of nitrogens with one attached hydrogen (secondary N) is 1. The second-order valence-corrected chi connectivity index (χ2v) is 5.07. The molecule has 19 heavy (non-hydrogen) atoms. The maximum atomic E-state index is 10.5. The zero-order chi connectivity index (χ0) is 13.7. The maximum Gasteiger partial charge on any atom is 0.269 e. The summed E-state index contributed by atoms with van der Waals surface area (Å²) in [7, 11) is 0. The summed E-state index contributed by atoms with van der Waals surface area (Å²) in [5.41, 5.74) is 2.34. The number of halogens is 1. The molecule has 0 saturated heterocycles. The monoisotopic (exact) mass is 320 g/mol.